The fraction of sp³-hybridized carbons (Fsp3) is 0. The second-order valence-corrected chi connectivity index (χ2v) is 0. The Bertz CT molecular complexity index is 11.2. The van der Waals surface area contributed by atoms with Gasteiger partial charge >= 0.3 is 70.5 Å². The summed E-state index contributed by atoms with van der Waals surface area (Å²) in [5.41, 5.74) is 0. The predicted octanol–water partition coefficient (Wildman–Crippen LogP) is 3.43. The molecule has 0 N–H and O–H groups in total. The maximum atomic E-state index is 0. The SMILES string of the molecule is [Ni+2].[Ni+2].[Ni+2].[P-3].[P-3].[P-3].[P-3].[W+6]. The fourth-order valence-corrected chi connectivity index (χ4v) is 0. The summed E-state index contributed by atoms with van der Waals surface area (Å²) in [7, 11) is 0. The molecule has 56 valence electrons. The van der Waals surface area contributed by atoms with Crippen molar-refractivity contribution in [1.82, 2.24) is 0 Å². The molecule has 0 aromatic heterocycles. The number of hydrogen-bond acceptors (Lipinski definition) is 0. The van der Waals surface area contributed by atoms with E-state index in [1.807, 2.05) is 0 Å². The van der Waals surface area contributed by atoms with Crippen molar-refractivity contribution in [1.29, 1.82) is 0 Å². The zero-order chi connectivity index (χ0) is 0. The van der Waals surface area contributed by atoms with Crippen LogP contribution in [0.15, 0.2) is 0 Å². The predicted molar refractivity (Wildman–Crippen MR) is 27.7 cm³/mol. The average molecular weight is 484 g/mol. The van der Waals surface area contributed by atoms with E-state index in [1.54, 1.807) is 0 Å². The first-order valence-corrected chi connectivity index (χ1v) is 0. The smallest absolute Gasteiger partial charge is 3.00 e. The van der Waals surface area contributed by atoms with E-state index in [4.69, 9.17) is 0 Å². The minimum Gasteiger partial charge on any atom is -3.00 e. The summed E-state index contributed by atoms with van der Waals surface area (Å²) in [5, 5.41) is 0. The van der Waals surface area contributed by atoms with Crippen LogP contribution in [-0.4, -0.2) is 0 Å². The quantitative estimate of drug-likeness (QED) is 0.366. The van der Waals surface area contributed by atoms with Crippen molar-refractivity contribution in [3.63, 3.8) is 0 Å². The van der Waals surface area contributed by atoms with E-state index in [0.717, 1.165) is 0 Å². The van der Waals surface area contributed by atoms with Crippen LogP contribution in [0, 0.1) is 0 Å². The normalized spacial score (nSPS) is 0. The van der Waals surface area contributed by atoms with E-state index in [-0.39, 0.29) is 110 Å². The van der Waals surface area contributed by atoms with Gasteiger partial charge < -0.3 is 39.6 Å². The van der Waals surface area contributed by atoms with Gasteiger partial charge in [0.15, 0.2) is 0 Å². The molecule has 0 heterocycles. The second-order valence-electron chi connectivity index (χ2n) is 0. The van der Waals surface area contributed by atoms with E-state index in [2.05, 4.69) is 0 Å². The molecule has 0 bridgehead atoms. The second kappa shape index (κ2) is 70.4. The molecule has 0 fully saturated rings. The molecule has 0 unspecified atom stereocenters. The third-order valence-electron chi connectivity index (χ3n) is 0. The Hall–Kier alpha value is 3.89. The number of hydrogen-bond donors (Lipinski definition) is 0. The van der Waals surface area contributed by atoms with E-state index >= 15 is 0 Å². The standard InChI is InChI=1S/3Ni.4P.W/q3*+2;4*-3;+6. The largest absolute Gasteiger partial charge is 6.00 e. The molecule has 8 heavy (non-hydrogen) atoms. The molecule has 0 saturated heterocycles. The third kappa shape index (κ3) is 51.7. The summed E-state index contributed by atoms with van der Waals surface area (Å²) in [4.78, 5) is 0. The molecule has 0 aliphatic rings. The maximum Gasteiger partial charge on any atom is 6.00 e. The molecule has 0 rings (SSSR count). The molecular weight excluding hydrogens is 484 g/mol. The van der Waals surface area contributed by atoms with Crippen molar-refractivity contribution in [3.8, 4) is 0 Å². The molecular formula is Ni3P4W. The van der Waals surface area contributed by atoms with Crippen LogP contribution in [-0.2, 0) is 70.5 Å². The fourth-order valence-electron chi connectivity index (χ4n) is 0. The molecule has 0 atom stereocenters. The van der Waals surface area contributed by atoms with Crippen LogP contribution in [0.5, 0.6) is 0 Å². The molecule has 0 radical (unpaired) electrons. The minimum atomic E-state index is 0. The van der Waals surface area contributed by atoms with Crippen molar-refractivity contribution >= 4 is 39.6 Å². The molecule has 0 nitrogen and oxygen atoms in total. The Kier molecular flexibility index (Phi) is 820. The van der Waals surface area contributed by atoms with Gasteiger partial charge in [0.2, 0.25) is 0 Å². The van der Waals surface area contributed by atoms with Gasteiger partial charge in [-0.2, -0.15) is 0 Å². The van der Waals surface area contributed by atoms with Gasteiger partial charge in [-0.25, -0.2) is 0 Å². The summed E-state index contributed by atoms with van der Waals surface area (Å²) in [6, 6.07) is 0. The zero-order valence-corrected chi connectivity index (χ0v) is 12.6. The van der Waals surface area contributed by atoms with Gasteiger partial charge in [-0.15, -0.1) is 0 Å². The van der Waals surface area contributed by atoms with Gasteiger partial charge in [0, 0.05) is 0 Å². The zero-order valence-electron chi connectivity index (χ0n) is 3.15. The van der Waals surface area contributed by atoms with E-state index in [0.29, 0.717) is 0 Å². The molecule has 0 aromatic carbocycles. The van der Waals surface area contributed by atoms with E-state index in [9.17, 15) is 0 Å². The summed E-state index contributed by atoms with van der Waals surface area (Å²) in [6.07, 6.45) is 0. The molecule has 0 amide bonds. The Morgan fingerprint density at radius 2 is 0.375 bits per heavy atom. The van der Waals surface area contributed by atoms with Crippen LogP contribution in [0.1, 0.15) is 0 Å². The summed E-state index contributed by atoms with van der Waals surface area (Å²) in [6.45, 7) is 0. The summed E-state index contributed by atoms with van der Waals surface area (Å²) < 4.78 is 0. The maximum absolute atomic E-state index is 0. The van der Waals surface area contributed by atoms with Crippen LogP contribution in [0.3, 0.4) is 0 Å². The van der Waals surface area contributed by atoms with E-state index < -0.39 is 0 Å². The van der Waals surface area contributed by atoms with Crippen LogP contribution < -0.4 is 0 Å². The van der Waals surface area contributed by atoms with Gasteiger partial charge in [0.1, 0.15) is 0 Å². The molecule has 8 heteroatoms. The van der Waals surface area contributed by atoms with Gasteiger partial charge in [0.25, 0.3) is 0 Å². The third-order valence-corrected chi connectivity index (χ3v) is 0. The topological polar surface area (TPSA) is 0 Å². The van der Waals surface area contributed by atoms with Crippen molar-refractivity contribution < 1.29 is 70.5 Å². The van der Waals surface area contributed by atoms with Crippen molar-refractivity contribution in [2.24, 2.45) is 0 Å². The summed E-state index contributed by atoms with van der Waals surface area (Å²) in [5.74, 6) is 0. The average Bonchev–Trinajstić information content (AvgIpc) is 0. The van der Waals surface area contributed by atoms with Gasteiger partial charge in [-0.05, 0) is 0 Å². The number of rotatable bonds is 0. The molecule has 0 aliphatic carbocycles. The van der Waals surface area contributed by atoms with Crippen LogP contribution >= 0.6 is 39.6 Å². The molecule has 0 aromatic rings. The monoisotopic (exact) mass is 482 g/mol. The molecule has 0 spiro atoms. The Morgan fingerprint density at radius 1 is 0.375 bits per heavy atom. The first-order chi connectivity index (χ1) is 0. The van der Waals surface area contributed by atoms with Gasteiger partial charge in [0.05, 0.1) is 0 Å². The van der Waals surface area contributed by atoms with Gasteiger partial charge in [-0.3, -0.25) is 0 Å². The summed E-state index contributed by atoms with van der Waals surface area (Å²) >= 11 is 0. The van der Waals surface area contributed by atoms with Crippen molar-refractivity contribution in [2.75, 3.05) is 0 Å². The first-order valence-electron chi connectivity index (χ1n) is 0. The van der Waals surface area contributed by atoms with Gasteiger partial charge in [-0.1, -0.05) is 0 Å². The first kappa shape index (κ1) is 93.2. The van der Waals surface area contributed by atoms with Crippen molar-refractivity contribution in [3.05, 3.63) is 0 Å². The Balaban J connectivity index is 0. The van der Waals surface area contributed by atoms with Crippen LogP contribution in [0.4, 0.5) is 0 Å². The van der Waals surface area contributed by atoms with Crippen LogP contribution in [0.25, 0.3) is 0 Å². The van der Waals surface area contributed by atoms with Crippen molar-refractivity contribution in [2.45, 2.75) is 0 Å². The Morgan fingerprint density at radius 3 is 0.375 bits per heavy atom. The molecule has 0 aliphatic heterocycles. The molecule has 0 saturated carbocycles. The Labute approximate surface area is 109 Å². The van der Waals surface area contributed by atoms with Crippen LogP contribution in [0.2, 0.25) is 0 Å². The minimum absolute atomic E-state index is 0. The van der Waals surface area contributed by atoms with E-state index in [1.165, 1.54) is 0 Å².